The molecule has 4 heterocycles. The Morgan fingerprint density at radius 3 is 1.98 bits per heavy atom. The van der Waals surface area contributed by atoms with Crippen LogP contribution < -0.4 is 39.4 Å². The average molecular weight is 840 g/mol. The number of unbranched alkanes of at least 4 members (excludes halogenated alkanes) is 3. The fraction of sp³-hybridized carbons (Fsp3) is 0.462. The standard InChI is InChI=1S/C39H48N2O11S3.Na/c1-38(21-9-10-25-53(44,45)46)29(26-40-24-20-28-17-19-30(54(47,48)49)34(38)36(28)40)13-5-3-6-14-32-39(2,22-8-4-7-15-33(42)43)35-31(55(50,51)52)18-16-27-12-11-23-41(32)37(27)35;/h3,5-6,13-14,16-19,26H,4,7-12,15,20-25H2,1-2H3,(H,42,43)(H,44,45,46)(H,47,48,49)(H,50,51,52);/q;+1/b6-3+,13-5+,32-14-;. The molecule has 298 valence electrons. The smallest absolute Gasteiger partial charge is 0.481 e. The van der Waals surface area contributed by atoms with Crippen molar-refractivity contribution in [1.82, 2.24) is 0 Å². The third-order valence-electron chi connectivity index (χ3n) is 11.5. The Morgan fingerprint density at radius 1 is 0.750 bits per heavy atom. The quantitative estimate of drug-likeness (QED) is 0.0828. The van der Waals surface area contributed by atoms with Crippen molar-refractivity contribution < 1.29 is 78.4 Å². The van der Waals surface area contributed by atoms with Crippen molar-refractivity contribution in [3.05, 3.63) is 94.4 Å². The molecule has 0 amide bonds. The molecule has 0 fully saturated rings. The van der Waals surface area contributed by atoms with Crippen molar-refractivity contribution in [1.29, 1.82) is 0 Å². The van der Waals surface area contributed by atoms with Gasteiger partial charge in [0.15, 0.2) is 0 Å². The third-order valence-corrected chi connectivity index (χ3v) is 14.1. The molecule has 2 atom stereocenters. The summed E-state index contributed by atoms with van der Waals surface area (Å²) in [7, 11) is -13.4. The first-order valence-electron chi connectivity index (χ1n) is 18.5. The van der Waals surface area contributed by atoms with Gasteiger partial charge in [-0.2, -0.15) is 25.3 Å². The summed E-state index contributed by atoms with van der Waals surface area (Å²) in [6.45, 7) is 5.10. The van der Waals surface area contributed by atoms with Crippen molar-refractivity contribution in [2.24, 2.45) is 0 Å². The Morgan fingerprint density at radius 2 is 1.36 bits per heavy atom. The maximum absolute atomic E-state index is 12.7. The predicted octanol–water partition coefficient (Wildman–Crippen LogP) is 3.52. The maximum atomic E-state index is 12.7. The molecule has 2 aromatic carbocycles. The molecule has 4 aliphatic heterocycles. The molecular weight excluding hydrogens is 792 g/mol. The summed E-state index contributed by atoms with van der Waals surface area (Å²) in [4.78, 5) is 14.9. The Labute approximate surface area is 351 Å². The van der Waals surface area contributed by atoms with Crippen molar-refractivity contribution >= 4 is 47.7 Å². The molecule has 56 heavy (non-hydrogen) atoms. The van der Waals surface area contributed by atoms with Crippen LogP contribution in [-0.4, -0.2) is 68.8 Å². The van der Waals surface area contributed by atoms with Gasteiger partial charge in [-0.15, -0.1) is 0 Å². The van der Waals surface area contributed by atoms with Gasteiger partial charge in [0.05, 0.1) is 5.75 Å². The van der Waals surface area contributed by atoms with Gasteiger partial charge in [0, 0.05) is 64.7 Å². The van der Waals surface area contributed by atoms with Crippen molar-refractivity contribution in [2.45, 2.75) is 105 Å². The summed E-state index contributed by atoms with van der Waals surface area (Å²) in [5, 5.41) is 9.13. The molecule has 4 N–H and O–H groups in total. The van der Waals surface area contributed by atoms with Gasteiger partial charge in [-0.05, 0) is 86.8 Å². The van der Waals surface area contributed by atoms with E-state index >= 15 is 0 Å². The Balaban J connectivity index is 0.00000600. The first-order valence-corrected chi connectivity index (χ1v) is 23.0. The van der Waals surface area contributed by atoms with E-state index in [-0.39, 0.29) is 52.2 Å². The van der Waals surface area contributed by atoms with Crippen LogP contribution in [0.1, 0.15) is 93.9 Å². The SMILES string of the molecule is CC1(CCCCS(=O)(=O)O)C(/C=C/C=C/C=C2\N3CCCc4ccc(S(=O)(=O)O)c(c43)C2(C)CCCCCC(=O)O)=CN2CCc3ccc(S(=O)(=O)O)c1c32.[Na+]. The topological polar surface area (TPSA) is 207 Å². The van der Waals surface area contributed by atoms with Crippen LogP contribution in [0.15, 0.2) is 81.9 Å². The number of hydrogen-bond acceptors (Lipinski definition) is 9. The second-order valence-corrected chi connectivity index (χ2v) is 19.6. The fourth-order valence-electron chi connectivity index (χ4n) is 9.00. The van der Waals surface area contributed by atoms with Gasteiger partial charge in [-0.3, -0.25) is 18.5 Å². The van der Waals surface area contributed by atoms with E-state index in [1.807, 2.05) is 55.3 Å². The number of aryl methyl sites for hydroxylation is 1. The number of hydrogen-bond donors (Lipinski definition) is 4. The molecule has 0 saturated carbocycles. The second kappa shape index (κ2) is 16.8. The third kappa shape index (κ3) is 8.93. The molecule has 17 heteroatoms. The second-order valence-electron chi connectivity index (χ2n) is 15.3. The van der Waals surface area contributed by atoms with E-state index in [2.05, 4.69) is 4.90 Å². The number of nitrogens with zero attached hydrogens (tertiary/aromatic N) is 2. The minimum absolute atomic E-state index is 0. The number of anilines is 2. The molecule has 2 unspecified atom stereocenters. The minimum Gasteiger partial charge on any atom is -0.481 e. The van der Waals surface area contributed by atoms with Crippen LogP contribution in [0, 0.1) is 0 Å². The number of carbonyl (C=O) groups is 1. The molecule has 2 aromatic rings. The zero-order chi connectivity index (χ0) is 40.0. The van der Waals surface area contributed by atoms with E-state index in [4.69, 9.17) is 5.11 Å². The van der Waals surface area contributed by atoms with Gasteiger partial charge in [0.25, 0.3) is 30.4 Å². The van der Waals surface area contributed by atoms with Crippen molar-refractivity contribution in [3.8, 4) is 0 Å². The predicted molar refractivity (Wildman–Crippen MR) is 209 cm³/mol. The average Bonchev–Trinajstić information content (AvgIpc) is 3.61. The Bertz CT molecular complexity index is 2360. The minimum atomic E-state index is -4.63. The van der Waals surface area contributed by atoms with Gasteiger partial charge in [-0.1, -0.05) is 62.6 Å². The van der Waals surface area contributed by atoms with Crippen molar-refractivity contribution in [2.75, 3.05) is 28.6 Å². The fourth-order valence-corrected chi connectivity index (χ4v) is 11.2. The van der Waals surface area contributed by atoms with Crippen LogP contribution in [0.3, 0.4) is 0 Å². The summed E-state index contributed by atoms with van der Waals surface area (Å²) in [5.41, 5.74) is 4.28. The van der Waals surface area contributed by atoms with Crippen LogP contribution in [0.4, 0.5) is 11.4 Å². The van der Waals surface area contributed by atoms with Gasteiger partial charge < -0.3 is 14.9 Å². The van der Waals surface area contributed by atoms with E-state index in [0.29, 0.717) is 69.2 Å². The number of aliphatic carboxylic acids is 1. The van der Waals surface area contributed by atoms with Gasteiger partial charge in [-0.25, -0.2) is 0 Å². The summed E-state index contributed by atoms with van der Waals surface area (Å²) >= 11 is 0. The molecule has 0 bridgehead atoms. The van der Waals surface area contributed by atoms with E-state index in [9.17, 15) is 43.7 Å². The van der Waals surface area contributed by atoms with E-state index in [1.54, 1.807) is 12.1 Å². The van der Waals surface area contributed by atoms with Crippen LogP contribution >= 0.6 is 0 Å². The Kier molecular flexibility index (Phi) is 13.3. The maximum Gasteiger partial charge on any atom is 1.00 e. The van der Waals surface area contributed by atoms with E-state index in [0.717, 1.165) is 46.6 Å². The van der Waals surface area contributed by atoms with Crippen LogP contribution in [0.2, 0.25) is 0 Å². The van der Waals surface area contributed by atoms with Gasteiger partial charge in [0.2, 0.25) is 0 Å². The number of carboxylic acid groups (broad SMARTS) is 1. The van der Waals surface area contributed by atoms with Crippen LogP contribution in [0.25, 0.3) is 0 Å². The number of allylic oxidation sites excluding steroid dienone is 7. The largest absolute Gasteiger partial charge is 1.00 e. The summed E-state index contributed by atoms with van der Waals surface area (Å²) in [6, 6.07) is 6.37. The molecule has 0 aliphatic carbocycles. The van der Waals surface area contributed by atoms with Crippen LogP contribution in [0.5, 0.6) is 0 Å². The Hall–Kier alpha value is -2.80. The number of benzene rings is 2. The first kappa shape index (κ1) is 44.3. The monoisotopic (exact) mass is 839 g/mol. The molecule has 0 saturated heterocycles. The van der Waals surface area contributed by atoms with Crippen molar-refractivity contribution in [3.63, 3.8) is 0 Å². The first-order chi connectivity index (χ1) is 25.8. The normalized spacial score (nSPS) is 22.4. The van der Waals surface area contributed by atoms with E-state index < -0.39 is 52.9 Å². The van der Waals surface area contributed by atoms with Crippen LogP contribution in [-0.2, 0) is 58.8 Å². The molecular formula is C39H48N2NaO11S3+. The molecule has 4 aliphatic rings. The number of rotatable bonds is 16. The molecule has 0 radical (unpaired) electrons. The van der Waals surface area contributed by atoms with Gasteiger partial charge >= 0.3 is 35.5 Å². The molecule has 13 nitrogen and oxygen atoms in total. The zero-order valence-electron chi connectivity index (χ0n) is 31.9. The summed E-state index contributed by atoms with van der Waals surface area (Å²) in [6.07, 6.45) is 16.6. The zero-order valence-corrected chi connectivity index (χ0v) is 36.4. The molecule has 0 spiro atoms. The number of carboxylic acids is 1. The summed E-state index contributed by atoms with van der Waals surface area (Å²) in [5.74, 6) is -1.31. The van der Waals surface area contributed by atoms with Gasteiger partial charge in [0.1, 0.15) is 9.79 Å². The van der Waals surface area contributed by atoms with E-state index in [1.165, 1.54) is 12.1 Å². The molecule has 6 rings (SSSR count). The summed E-state index contributed by atoms with van der Waals surface area (Å²) < 4.78 is 104. The molecule has 0 aromatic heterocycles.